The van der Waals surface area contributed by atoms with Crippen LogP contribution >= 0.6 is 11.6 Å². The van der Waals surface area contributed by atoms with Crippen molar-refractivity contribution in [3.8, 4) is 0 Å². The third kappa shape index (κ3) is 4.84. The lowest BCUT2D eigenvalue weighted by Gasteiger charge is -2.30. The second-order valence-electron chi connectivity index (χ2n) is 6.20. The van der Waals surface area contributed by atoms with Crippen molar-refractivity contribution in [1.82, 2.24) is 10.2 Å². The van der Waals surface area contributed by atoms with E-state index in [1.807, 2.05) is 38.1 Å². The molecule has 6 nitrogen and oxygen atoms in total. The Morgan fingerprint density at radius 2 is 1.85 bits per heavy atom. The Hall–Kier alpha value is -2.44. The molecule has 0 aliphatic heterocycles. The maximum absolute atomic E-state index is 12.7. The molecular formula is C20H24ClN3O3. The first-order valence-corrected chi connectivity index (χ1v) is 9.29. The zero-order valence-electron chi connectivity index (χ0n) is 15.7. The molecule has 144 valence electrons. The first-order valence-electron chi connectivity index (χ1n) is 8.91. The van der Waals surface area contributed by atoms with Gasteiger partial charge in [0.2, 0.25) is 0 Å². The quantitative estimate of drug-likeness (QED) is 0.537. The van der Waals surface area contributed by atoms with Crippen LogP contribution in [0.3, 0.4) is 0 Å². The minimum atomic E-state index is -0.514. The van der Waals surface area contributed by atoms with Gasteiger partial charge in [0.05, 0.1) is 11.0 Å². The van der Waals surface area contributed by atoms with Gasteiger partial charge >= 0.3 is 0 Å². The largest absolute Gasteiger partial charge is 0.350 e. The first kappa shape index (κ1) is 20.9. The smallest absolute Gasteiger partial charge is 0.285 e. The maximum atomic E-state index is 12.7. The van der Waals surface area contributed by atoms with Crippen molar-refractivity contribution in [2.45, 2.75) is 26.8 Å². The molecule has 2 rings (SSSR count). The summed E-state index contributed by atoms with van der Waals surface area (Å²) in [5.41, 5.74) is 1.28. The van der Waals surface area contributed by atoms with E-state index >= 15 is 0 Å². The Kier molecular flexibility index (Phi) is 7.33. The molecule has 0 saturated carbocycles. The van der Waals surface area contributed by atoms with E-state index in [4.69, 9.17) is 11.6 Å². The van der Waals surface area contributed by atoms with Crippen molar-refractivity contribution in [2.75, 3.05) is 19.6 Å². The number of hydrogen-bond acceptors (Lipinski definition) is 4. The van der Waals surface area contributed by atoms with E-state index in [9.17, 15) is 14.9 Å². The van der Waals surface area contributed by atoms with E-state index in [0.29, 0.717) is 17.1 Å². The van der Waals surface area contributed by atoms with Gasteiger partial charge < -0.3 is 5.32 Å². The number of nitro groups is 1. The summed E-state index contributed by atoms with van der Waals surface area (Å²) in [6, 6.07) is 12.1. The lowest BCUT2D eigenvalue weighted by molar-refractivity contribution is -0.385. The van der Waals surface area contributed by atoms with Crippen molar-refractivity contribution in [3.05, 3.63) is 74.3 Å². The topological polar surface area (TPSA) is 75.5 Å². The molecule has 2 aromatic carbocycles. The molecular weight excluding hydrogens is 366 g/mol. The number of carbonyl (C=O) groups is 1. The Morgan fingerprint density at radius 1 is 1.19 bits per heavy atom. The standard InChI is InChI=1S/C20H24ClN3O3/c1-4-23(5-2)18(15-10-6-7-12-17(15)21)13-22-20(25)16-11-8-9-14(3)19(16)24(26)27/h6-12,18H,4-5,13H2,1-3H3,(H,22,25). The van der Waals surface area contributed by atoms with Crippen LogP contribution in [0, 0.1) is 17.0 Å². The molecule has 0 aliphatic rings. The summed E-state index contributed by atoms with van der Waals surface area (Å²) in [6.45, 7) is 7.58. The number of para-hydroxylation sites is 1. The van der Waals surface area contributed by atoms with Crippen LogP contribution in [0.15, 0.2) is 42.5 Å². The molecule has 1 unspecified atom stereocenters. The molecule has 7 heteroatoms. The Bertz CT molecular complexity index is 822. The summed E-state index contributed by atoms with van der Waals surface area (Å²) in [4.78, 5) is 25.7. The minimum absolute atomic E-state index is 0.0671. The monoisotopic (exact) mass is 389 g/mol. The normalized spacial score (nSPS) is 12.0. The molecule has 0 bridgehead atoms. The van der Waals surface area contributed by atoms with Crippen molar-refractivity contribution in [1.29, 1.82) is 0 Å². The number of likely N-dealkylation sites (N-methyl/N-ethyl adjacent to an activating group) is 1. The van der Waals surface area contributed by atoms with Gasteiger partial charge in [0.1, 0.15) is 5.56 Å². The van der Waals surface area contributed by atoms with Gasteiger partial charge in [-0.05, 0) is 37.7 Å². The van der Waals surface area contributed by atoms with Crippen LogP contribution in [-0.4, -0.2) is 35.4 Å². The number of nitrogens with zero attached hydrogens (tertiary/aromatic N) is 2. The highest BCUT2D eigenvalue weighted by atomic mass is 35.5. The Labute approximate surface area is 164 Å². The molecule has 0 radical (unpaired) electrons. The number of benzene rings is 2. The summed E-state index contributed by atoms with van der Waals surface area (Å²) >= 11 is 6.37. The van der Waals surface area contributed by atoms with Crippen LogP contribution in [0.5, 0.6) is 0 Å². The fourth-order valence-electron chi connectivity index (χ4n) is 3.21. The van der Waals surface area contributed by atoms with Crippen LogP contribution in [0.2, 0.25) is 5.02 Å². The van der Waals surface area contributed by atoms with E-state index < -0.39 is 10.8 Å². The number of rotatable bonds is 8. The predicted octanol–water partition coefficient (Wildman–Crippen LogP) is 4.37. The number of hydrogen-bond donors (Lipinski definition) is 1. The van der Waals surface area contributed by atoms with E-state index in [-0.39, 0.29) is 17.3 Å². The summed E-state index contributed by atoms with van der Waals surface area (Å²) in [7, 11) is 0. The molecule has 1 atom stereocenters. The maximum Gasteiger partial charge on any atom is 0.285 e. The number of nitrogens with one attached hydrogen (secondary N) is 1. The highest BCUT2D eigenvalue weighted by molar-refractivity contribution is 6.31. The number of halogens is 1. The zero-order valence-corrected chi connectivity index (χ0v) is 16.5. The summed E-state index contributed by atoms with van der Waals surface area (Å²) in [5.74, 6) is -0.463. The third-order valence-corrected chi connectivity index (χ3v) is 4.98. The third-order valence-electron chi connectivity index (χ3n) is 4.64. The van der Waals surface area contributed by atoms with Gasteiger partial charge in [0, 0.05) is 17.1 Å². The fraction of sp³-hybridized carbons (Fsp3) is 0.350. The van der Waals surface area contributed by atoms with Crippen molar-refractivity contribution in [2.24, 2.45) is 0 Å². The second kappa shape index (κ2) is 9.48. The predicted molar refractivity (Wildman–Crippen MR) is 107 cm³/mol. The molecule has 0 saturated heterocycles. The van der Waals surface area contributed by atoms with Gasteiger partial charge in [0.15, 0.2) is 0 Å². The lowest BCUT2D eigenvalue weighted by Crippen LogP contribution is -2.38. The van der Waals surface area contributed by atoms with Crippen LogP contribution in [0.1, 0.15) is 41.4 Å². The van der Waals surface area contributed by atoms with Crippen LogP contribution in [0.25, 0.3) is 0 Å². The highest BCUT2D eigenvalue weighted by Gasteiger charge is 2.25. The van der Waals surface area contributed by atoms with Gasteiger partial charge in [-0.3, -0.25) is 19.8 Å². The average Bonchev–Trinajstić information content (AvgIpc) is 2.65. The molecule has 0 fully saturated rings. The molecule has 1 amide bonds. The van der Waals surface area contributed by atoms with Crippen LogP contribution < -0.4 is 5.32 Å². The van der Waals surface area contributed by atoms with Crippen molar-refractivity contribution >= 4 is 23.2 Å². The molecule has 0 aliphatic carbocycles. The summed E-state index contributed by atoms with van der Waals surface area (Å²) in [6.07, 6.45) is 0. The second-order valence-corrected chi connectivity index (χ2v) is 6.60. The average molecular weight is 390 g/mol. The molecule has 2 aromatic rings. The first-order chi connectivity index (χ1) is 12.9. The fourth-order valence-corrected chi connectivity index (χ4v) is 3.48. The van der Waals surface area contributed by atoms with E-state index in [1.54, 1.807) is 19.1 Å². The minimum Gasteiger partial charge on any atom is -0.350 e. The summed E-state index contributed by atoms with van der Waals surface area (Å²) < 4.78 is 0. The van der Waals surface area contributed by atoms with Gasteiger partial charge in [-0.15, -0.1) is 0 Å². The molecule has 0 aromatic heterocycles. The number of aryl methyl sites for hydroxylation is 1. The number of carbonyl (C=O) groups excluding carboxylic acids is 1. The Morgan fingerprint density at radius 3 is 2.44 bits per heavy atom. The van der Waals surface area contributed by atoms with Gasteiger partial charge in [0.25, 0.3) is 11.6 Å². The van der Waals surface area contributed by atoms with E-state index in [0.717, 1.165) is 18.7 Å². The van der Waals surface area contributed by atoms with Gasteiger partial charge in [-0.25, -0.2) is 0 Å². The van der Waals surface area contributed by atoms with Crippen LogP contribution in [0.4, 0.5) is 5.69 Å². The van der Waals surface area contributed by atoms with Crippen molar-refractivity contribution in [3.63, 3.8) is 0 Å². The van der Waals surface area contributed by atoms with Crippen molar-refractivity contribution < 1.29 is 9.72 Å². The lowest BCUT2D eigenvalue weighted by atomic mass is 10.0. The molecule has 27 heavy (non-hydrogen) atoms. The molecule has 1 N–H and O–H groups in total. The van der Waals surface area contributed by atoms with E-state index in [1.165, 1.54) is 6.07 Å². The van der Waals surface area contributed by atoms with Gasteiger partial charge in [-0.1, -0.05) is 55.8 Å². The highest BCUT2D eigenvalue weighted by Crippen LogP contribution is 2.28. The number of nitro benzene ring substituents is 1. The zero-order chi connectivity index (χ0) is 20.0. The number of amides is 1. The molecule has 0 heterocycles. The van der Waals surface area contributed by atoms with E-state index in [2.05, 4.69) is 10.2 Å². The molecule has 0 spiro atoms. The SMILES string of the molecule is CCN(CC)C(CNC(=O)c1cccc(C)c1[N+](=O)[O-])c1ccccc1Cl. The Balaban J connectivity index is 2.28. The summed E-state index contributed by atoms with van der Waals surface area (Å²) in [5, 5.41) is 14.8. The van der Waals surface area contributed by atoms with Crippen LogP contribution in [-0.2, 0) is 0 Å². The van der Waals surface area contributed by atoms with Gasteiger partial charge in [-0.2, -0.15) is 0 Å².